The summed E-state index contributed by atoms with van der Waals surface area (Å²) in [4.78, 5) is 17.7. The molecule has 0 aliphatic rings. The molecule has 0 aliphatic carbocycles. The molecule has 2 N–H and O–H groups in total. The van der Waals surface area contributed by atoms with E-state index in [-0.39, 0.29) is 27.7 Å². The molecule has 32 heavy (non-hydrogen) atoms. The first kappa shape index (κ1) is 23.7. The molecule has 0 atom stereocenters. The van der Waals surface area contributed by atoms with E-state index in [0.717, 1.165) is 29.3 Å². The van der Waals surface area contributed by atoms with Crippen molar-refractivity contribution >= 4 is 38.6 Å². The largest absolute Gasteiger partial charge is 0.495 e. The number of aryl methyl sites for hydroxylation is 1. The second-order valence-corrected chi connectivity index (χ2v) is 10.8. The first-order chi connectivity index (χ1) is 14.9. The van der Waals surface area contributed by atoms with Gasteiger partial charge in [0.25, 0.3) is 15.9 Å². The highest BCUT2D eigenvalue weighted by atomic mass is 32.2. The number of nitrogens with one attached hydrogen (secondary N) is 2. The van der Waals surface area contributed by atoms with Gasteiger partial charge in [0.15, 0.2) is 0 Å². The van der Waals surface area contributed by atoms with Crippen molar-refractivity contribution in [2.24, 2.45) is 0 Å². The summed E-state index contributed by atoms with van der Waals surface area (Å²) in [6.45, 7) is 7.85. The topological polar surface area (TPSA) is 97.4 Å². The van der Waals surface area contributed by atoms with Crippen LogP contribution in [0.1, 0.15) is 41.1 Å². The van der Waals surface area contributed by atoms with Gasteiger partial charge in [-0.05, 0) is 49.4 Å². The number of benzene rings is 2. The Balaban J connectivity index is 1.87. The fourth-order valence-electron chi connectivity index (χ4n) is 2.80. The van der Waals surface area contributed by atoms with Crippen molar-refractivity contribution in [2.45, 2.75) is 38.0 Å². The third kappa shape index (κ3) is 5.25. The maximum absolute atomic E-state index is 13.2. The van der Waals surface area contributed by atoms with E-state index in [4.69, 9.17) is 4.74 Å². The van der Waals surface area contributed by atoms with Crippen molar-refractivity contribution in [1.82, 2.24) is 4.98 Å². The maximum Gasteiger partial charge on any atom is 0.267 e. The zero-order chi connectivity index (χ0) is 23.7. The highest BCUT2D eigenvalue weighted by molar-refractivity contribution is 7.92. The van der Waals surface area contributed by atoms with Crippen molar-refractivity contribution in [3.8, 4) is 5.75 Å². The van der Waals surface area contributed by atoms with Gasteiger partial charge in [-0.3, -0.25) is 9.52 Å². The first-order valence-electron chi connectivity index (χ1n) is 9.66. The molecule has 3 aromatic rings. The minimum atomic E-state index is -4.00. The normalized spacial score (nSPS) is 11.8. The van der Waals surface area contributed by atoms with Crippen molar-refractivity contribution in [2.75, 3.05) is 17.1 Å². The van der Waals surface area contributed by atoms with Crippen LogP contribution in [0.25, 0.3) is 0 Å². The van der Waals surface area contributed by atoms with Crippen LogP contribution >= 0.6 is 11.3 Å². The van der Waals surface area contributed by atoms with E-state index in [1.54, 1.807) is 13.0 Å². The van der Waals surface area contributed by atoms with Crippen molar-refractivity contribution in [1.29, 1.82) is 0 Å². The molecule has 0 aliphatic heterocycles. The Morgan fingerprint density at radius 2 is 1.78 bits per heavy atom. The molecule has 10 heteroatoms. The second-order valence-electron chi connectivity index (χ2n) is 8.11. The molecule has 0 saturated carbocycles. The molecular weight excluding hydrogens is 453 g/mol. The molecule has 0 bridgehead atoms. The summed E-state index contributed by atoms with van der Waals surface area (Å²) in [5, 5.41) is 3.63. The number of hydrogen-bond donors (Lipinski definition) is 2. The van der Waals surface area contributed by atoms with Crippen LogP contribution in [0.4, 0.5) is 15.8 Å². The van der Waals surface area contributed by atoms with E-state index in [1.807, 2.05) is 20.8 Å². The van der Waals surface area contributed by atoms with Gasteiger partial charge in [-0.2, -0.15) is 0 Å². The van der Waals surface area contributed by atoms with Crippen LogP contribution in [-0.2, 0) is 15.4 Å². The monoisotopic (exact) mass is 477 g/mol. The molecule has 1 heterocycles. The number of nitrogens with zero attached hydrogens (tertiary/aromatic N) is 1. The molecule has 3 rings (SSSR count). The summed E-state index contributed by atoms with van der Waals surface area (Å²) in [7, 11) is -2.60. The number of ether oxygens (including phenoxy) is 1. The number of carbonyl (C=O) groups is 1. The Morgan fingerprint density at radius 3 is 2.34 bits per heavy atom. The van der Waals surface area contributed by atoms with Gasteiger partial charge >= 0.3 is 0 Å². The van der Waals surface area contributed by atoms with Crippen LogP contribution in [0.3, 0.4) is 0 Å². The molecule has 0 spiro atoms. The van der Waals surface area contributed by atoms with E-state index >= 15 is 0 Å². The number of aromatic nitrogens is 1. The van der Waals surface area contributed by atoms with Crippen LogP contribution in [0.5, 0.6) is 5.75 Å². The van der Waals surface area contributed by atoms with Crippen LogP contribution in [-0.4, -0.2) is 26.4 Å². The molecule has 0 unspecified atom stereocenters. The quantitative estimate of drug-likeness (QED) is 0.524. The van der Waals surface area contributed by atoms with Gasteiger partial charge < -0.3 is 10.1 Å². The highest BCUT2D eigenvalue weighted by Gasteiger charge is 2.23. The zero-order valence-electron chi connectivity index (χ0n) is 18.3. The number of halogens is 1. The zero-order valence-corrected chi connectivity index (χ0v) is 19.9. The van der Waals surface area contributed by atoms with Crippen LogP contribution in [0.2, 0.25) is 0 Å². The number of hydrogen-bond acceptors (Lipinski definition) is 6. The van der Waals surface area contributed by atoms with Gasteiger partial charge in [-0.25, -0.2) is 17.8 Å². The number of anilines is 2. The number of sulfonamides is 1. The Kier molecular flexibility index (Phi) is 6.56. The number of carbonyl (C=O) groups excluding carboxylic acids is 1. The Labute approximate surface area is 190 Å². The minimum Gasteiger partial charge on any atom is -0.495 e. The highest BCUT2D eigenvalue weighted by Crippen LogP contribution is 2.32. The van der Waals surface area contributed by atoms with Gasteiger partial charge in [0.2, 0.25) is 0 Å². The lowest BCUT2D eigenvalue weighted by Crippen LogP contribution is -2.15. The molecule has 0 radical (unpaired) electrons. The lowest BCUT2D eigenvalue weighted by Gasteiger charge is -2.14. The van der Waals surface area contributed by atoms with Crippen LogP contribution < -0.4 is 14.8 Å². The average molecular weight is 478 g/mol. The van der Waals surface area contributed by atoms with Crippen molar-refractivity contribution in [3.63, 3.8) is 0 Å². The number of methoxy groups -OCH3 is 1. The second kappa shape index (κ2) is 8.87. The number of rotatable bonds is 6. The molecule has 170 valence electrons. The molecule has 2 aromatic carbocycles. The smallest absolute Gasteiger partial charge is 0.267 e. The van der Waals surface area contributed by atoms with Crippen molar-refractivity contribution in [3.05, 3.63) is 63.9 Å². The molecule has 1 aromatic heterocycles. The predicted octanol–water partition coefficient (Wildman–Crippen LogP) is 4.95. The average Bonchev–Trinajstić information content (AvgIpc) is 3.10. The summed E-state index contributed by atoms with van der Waals surface area (Å²) in [6.07, 6.45) is 0. The third-order valence-corrected chi connectivity index (χ3v) is 7.43. The van der Waals surface area contributed by atoms with Gasteiger partial charge in [-0.1, -0.05) is 20.8 Å². The molecular formula is C22H24FN3O4S2. The SMILES string of the molecule is COc1ccc(NC(=O)c2sc(C(C)(C)C)nc2C)cc1NS(=O)(=O)c1ccc(F)cc1. The van der Waals surface area contributed by atoms with E-state index in [9.17, 15) is 17.6 Å². The Bertz CT molecular complexity index is 1250. The standard InChI is InChI=1S/C22H24FN3O4S2/c1-13-19(31-21(24-13)22(2,3)4)20(27)25-15-8-11-18(30-5)17(12-15)26-32(28,29)16-9-6-14(23)7-10-16/h6-12,26H,1-5H3,(H,25,27). The minimum absolute atomic E-state index is 0.106. The Morgan fingerprint density at radius 1 is 1.12 bits per heavy atom. The number of amides is 1. The summed E-state index contributed by atoms with van der Waals surface area (Å²) in [5.74, 6) is -0.620. The van der Waals surface area contributed by atoms with E-state index in [1.165, 1.54) is 30.6 Å². The molecule has 0 fully saturated rings. The van der Waals surface area contributed by atoms with Crippen LogP contribution in [0.15, 0.2) is 47.4 Å². The van der Waals surface area contributed by atoms with E-state index in [0.29, 0.717) is 16.3 Å². The van der Waals surface area contributed by atoms with Gasteiger partial charge in [0.05, 0.1) is 28.4 Å². The third-order valence-electron chi connectivity index (χ3n) is 4.47. The number of thiazole rings is 1. The van der Waals surface area contributed by atoms with Gasteiger partial charge in [0, 0.05) is 11.1 Å². The van der Waals surface area contributed by atoms with Gasteiger partial charge in [-0.15, -0.1) is 11.3 Å². The molecule has 7 nitrogen and oxygen atoms in total. The first-order valence-corrected chi connectivity index (χ1v) is 12.0. The fraction of sp³-hybridized carbons (Fsp3) is 0.273. The lowest BCUT2D eigenvalue weighted by molar-refractivity contribution is 0.103. The van der Waals surface area contributed by atoms with E-state index in [2.05, 4.69) is 15.0 Å². The lowest BCUT2D eigenvalue weighted by atomic mass is 9.98. The molecule has 1 amide bonds. The summed E-state index contributed by atoms with van der Waals surface area (Å²) < 4.78 is 46.2. The Hall–Kier alpha value is -2.98. The maximum atomic E-state index is 13.2. The summed E-state index contributed by atoms with van der Waals surface area (Å²) in [6, 6.07) is 9.05. The van der Waals surface area contributed by atoms with Gasteiger partial charge in [0.1, 0.15) is 16.4 Å². The predicted molar refractivity (Wildman–Crippen MR) is 124 cm³/mol. The van der Waals surface area contributed by atoms with E-state index < -0.39 is 15.8 Å². The van der Waals surface area contributed by atoms with Crippen LogP contribution in [0, 0.1) is 12.7 Å². The van der Waals surface area contributed by atoms with Crippen molar-refractivity contribution < 1.29 is 22.3 Å². The molecule has 0 saturated heterocycles. The fourth-order valence-corrected chi connectivity index (χ4v) is 4.88. The summed E-state index contributed by atoms with van der Waals surface area (Å²) >= 11 is 1.32. The summed E-state index contributed by atoms with van der Waals surface area (Å²) in [5.41, 5.74) is 0.951.